The van der Waals surface area contributed by atoms with Crippen molar-refractivity contribution in [1.82, 2.24) is 15.3 Å². The molecular weight excluding hydrogens is 430 g/mol. The SMILES string of the molecule is O=C(NCc1ccccc1)c1ccc(Nc2nc(Nc3ccccc3)c3sccc3n2)cc1. The van der Waals surface area contributed by atoms with Gasteiger partial charge in [0.1, 0.15) is 0 Å². The Morgan fingerprint density at radius 2 is 1.45 bits per heavy atom. The van der Waals surface area contributed by atoms with Gasteiger partial charge in [0, 0.05) is 23.5 Å². The fraction of sp³-hybridized carbons (Fsp3) is 0.0385. The van der Waals surface area contributed by atoms with Crippen LogP contribution in [-0.4, -0.2) is 15.9 Å². The van der Waals surface area contributed by atoms with Crippen molar-refractivity contribution >= 4 is 50.6 Å². The summed E-state index contributed by atoms with van der Waals surface area (Å²) in [6.45, 7) is 0.491. The molecule has 6 nitrogen and oxygen atoms in total. The smallest absolute Gasteiger partial charge is 0.251 e. The number of thiophene rings is 1. The molecule has 0 unspecified atom stereocenters. The number of benzene rings is 3. The molecule has 1 amide bonds. The second kappa shape index (κ2) is 9.50. The van der Waals surface area contributed by atoms with E-state index in [4.69, 9.17) is 0 Å². The van der Waals surface area contributed by atoms with Crippen LogP contribution in [0.4, 0.5) is 23.1 Å². The predicted octanol–water partition coefficient (Wildman–Crippen LogP) is 6.11. The van der Waals surface area contributed by atoms with Crippen LogP contribution in [0.3, 0.4) is 0 Å². The highest BCUT2D eigenvalue weighted by atomic mass is 32.1. The number of nitrogens with one attached hydrogen (secondary N) is 3. The number of aromatic nitrogens is 2. The molecule has 0 radical (unpaired) electrons. The molecule has 5 rings (SSSR count). The van der Waals surface area contributed by atoms with Gasteiger partial charge >= 0.3 is 0 Å². The van der Waals surface area contributed by atoms with E-state index < -0.39 is 0 Å². The van der Waals surface area contributed by atoms with E-state index in [9.17, 15) is 4.79 Å². The lowest BCUT2D eigenvalue weighted by Gasteiger charge is -2.11. The maximum Gasteiger partial charge on any atom is 0.251 e. The summed E-state index contributed by atoms with van der Waals surface area (Å²) in [6.07, 6.45) is 0. The Balaban J connectivity index is 1.30. The summed E-state index contributed by atoms with van der Waals surface area (Å²) >= 11 is 1.60. The molecule has 0 aliphatic carbocycles. The molecule has 0 saturated heterocycles. The lowest BCUT2D eigenvalue weighted by Crippen LogP contribution is -2.22. The number of carbonyl (C=O) groups excluding carboxylic acids is 1. The van der Waals surface area contributed by atoms with Gasteiger partial charge in [0.15, 0.2) is 5.82 Å². The van der Waals surface area contributed by atoms with Gasteiger partial charge in [-0.3, -0.25) is 4.79 Å². The minimum atomic E-state index is -0.115. The normalized spacial score (nSPS) is 10.7. The number of anilines is 4. The average molecular weight is 452 g/mol. The van der Waals surface area contributed by atoms with Crippen LogP contribution in [0.5, 0.6) is 0 Å². The zero-order chi connectivity index (χ0) is 22.5. The van der Waals surface area contributed by atoms with Gasteiger partial charge in [-0.15, -0.1) is 11.3 Å². The highest BCUT2D eigenvalue weighted by Crippen LogP contribution is 2.30. The van der Waals surface area contributed by atoms with E-state index in [0.29, 0.717) is 18.1 Å². The summed E-state index contributed by atoms with van der Waals surface area (Å²) < 4.78 is 0.995. The minimum absolute atomic E-state index is 0.115. The molecule has 0 atom stereocenters. The summed E-state index contributed by atoms with van der Waals surface area (Å²) in [4.78, 5) is 21.8. The van der Waals surface area contributed by atoms with Gasteiger partial charge in [-0.1, -0.05) is 48.5 Å². The second-order valence-electron chi connectivity index (χ2n) is 7.39. The van der Waals surface area contributed by atoms with E-state index in [2.05, 4.69) is 25.9 Å². The van der Waals surface area contributed by atoms with Crippen molar-refractivity contribution in [2.75, 3.05) is 10.6 Å². The number of hydrogen-bond donors (Lipinski definition) is 3. The van der Waals surface area contributed by atoms with Crippen LogP contribution in [0, 0.1) is 0 Å². The first-order valence-electron chi connectivity index (χ1n) is 10.5. The molecule has 33 heavy (non-hydrogen) atoms. The summed E-state index contributed by atoms with van der Waals surface area (Å²) in [5.74, 6) is 1.12. The van der Waals surface area contributed by atoms with Crippen molar-refractivity contribution in [1.29, 1.82) is 0 Å². The molecule has 3 N–H and O–H groups in total. The molecule has 0 saturated carbocycles. The molecule has 0 aliphatic heterocycles. The summed E-state index contributed by atoms with van der Waals surface area (Å²) in [5, 5.41) is 11.6. The molecule has 2 aromatic heterocycles. The fourth-order valence-corrected chi connectivity index (χ4v) is 4.15. The zero-order valence-electron chi connectivity index (χ0n) is 17.7. The molecule has 162 valence electrons. The van der Waals surface area contributed by atoms with Crippen LogP contribution in [0.25, 0.3) is 10.2 Å². The Hall–Kier alpha value is -4.23. The van der Waals surface area contributed by atoms with Gasteiger partial charge in [-0.05, 0) is 53.4 Å². The molecule has 7 heteroatoms. The summed E-state index contributed by atoms with van der Waals surface area (Å²) in [5.41, 5.74) is 4.28. The Morgan fingerprint density at radius 1 is 0.758 bits per heavy atom. The Labute approximate surface area is 195 Å². The van der Waals surface area contributed by atoms with Crippen LogP contribution in [0.15, 0.2) is 96.4 Å². The number of amides is 1. The molecule has 0 spiro atoms. The lowest BCUT2D eigenvalue weighted by molar-refractivity contribution is 0.0951. The van der Waals surface area contributed by atoms with Gasteiger partial charge in [0.05, 0.1) is 10.2 Å². The third-order valence-corrected chi connectivity index (χ3v) is 5.95. The summed E-state index contributed by atoms with van der Waals surface area (Å²) in [7, 11) is 0. The first-order chi connectivity index (χ1) is 16.2. The maximum absolute atomic E-state index is 12.5. The third kappa shape index (κ3) is 4.99. The predicted molar refractivity (Wildman–Crippen MR) is 134 cm³/mol. The van der Waals surface area contributed by atoms with Crippen molar-refractivity contribution in [2.24, 2.45) is 0 Å². The van der Waals surface area contributed by atoms with E-state index in [-0.39, 0.29) is 5.91 Å². The number of fused-ring (bicyclic) bond motifs is 1. The van der Waals surface area contributed by atoms with Crippen LogP contribution in [0.1, 0.15) is 15.9 Å². The minimum Gasteiger partial charge on any atom is -0.348 e. The largest absolute Gasteiger partial charge is 0.348 e. The van der Waals surface area contributed by atoms with Gasteiger partial charge in [-0.2, -0.15) is 4.98 Å². The van der Waals surface area contributed by atoms with E-state index in [1.165, 1.54) is 0 Å². The highest BCUT2D eigenvalue weighted by Gasteiger charge is 2.11. The number of para-hydroxylation sites is 1. The second-order valence-corrected chi connectivity index (χ2v) is 8.31. The topological polar surface area (TPSA) is 78.9 Å². The lowest BCUT2D eigenvalue weighted by atomic mass is 10.2. The van der Waals surface area contributed by atoms with Crippen LogP contribution in [0.2, 0.25) is 0 Å². The molecule has 5 aromatic rings. The molecule has 0 bridgehead atoms. The van der Waals surface area contributed by atoms with Gasteiger partial charge in [-0.25, -0.2) is 4.98 Å². The number of carbonyl (C=O) groups is 1. The number of nitrogens with zero attached hydrogens (tertiary/aromatic N) is 2. The summed E-state index contributed by atoms with van der Waals surface area (Å²) in [6, 6.07) is 29.0. The van der Waals surface area contributed by atoms with Crippen LogP contribution in [-0.2, 0) is 6.54 Å². The third-order valence-electron chi connectivity index (χ3n) is 5.04. The van der Waals surface area contributed by atoms with Gasteiger partial charge in [0.2, 0.25) is 5.95 Å². The quantitative estimate of drug-likeness (QED) is 0.278. The van der Waals surface area contributed by atoms with Crippen molar-refractivity contribution in [3.05, 3.63) is 108 Å². The van der Waals surface area contributed by atoms with Gasteiger partial charge < -0.3 is 16.0 Å². The number of hydrogen-bond acceptors (Lipinski definition) is 6. The fourth-order valence-electron chi connectivity index (χ4n) is 3.38. The molecule has 0 fully saturated rings. The zero-order valence-corrected chi connectivity index (χ0v) is 18.5. The van der Waals surface area contributed by atoms with Crippen LogP contribution >= 0.6 is 11.3 Å². The number of rotatable bonds is 7. The maximum atomic E-state index is 12.5. The Bertz CT molecular complexity index is 1370. The van der Waals surface area contributed by atoms with E-state index >= 15 is 0 Å². The molecule has 0 aliphatic rings. The van der Waals surface area contributed by atoms with Gasteiger partial charge in [0.25, 0.3) is 5.91 Å². The van der Waals surface area contributed by atoms with Crippen molar-refractivity contribution in [3.63, 3.8) is 0 Å². The monoisotopic (exact) mass is 451 g/mol. The van der Waals surface area contributed by atoms with Crippen molar-refractivity contribution < 1.29 is 4.79 Å². The van der Waals surface area contributed by atoms with E-state index in [1.54, 1.807) is 23.5 Å². The average Bonchev–Trinajstić information content (AvgIpc) is 3.33. The van der Waals surface area contributed by atoms with Crippen molar-refractivity contribution in [2.45, 2.75) is 6.54 Å². The molecular formula is C26H21N5OS. The van der Waals surface area contributed by atoms with E-state index in [0.717, 1.165) is 33.0 Å². The first-order valence-corrected chi connectivity index (χ1v) is 11.4. The first kappa shape index (κ1) is 20.7. The molecule has 3 aromatic carbocycles. The van der Waals surface area contributed by atoms with Crippen molar-refractivity contribution in [3.8, 4) is 0 Å². The Morgan fingerprint density at radius 3 is 2.21 bits per heavy atom. The standard InChI is InChI=1S/C26H21N5OS/c32-25(27-17-18-7-3-1-4-8-18)19-11-13-21(14-12-19)29-26-30-22-15-16-33-23(22)24(31-26)28-20-9-5-2-6-10-20/h1-16H,17H2,(H,27,32)(H2,28,29,30,31). The van der Waals surface area contributed by atoms with E-state index in [1.807, 2.05) is 84.2 Å². The molecule has 2 heterocycles. The Kier molecular flexibility index (Phi) is 5.95. The van der Waals surface area contributed by atoms with Crippen LogP contribution < -0.4 is 16.0 Å². The highest BCUT2D eigenvalue weighted by molar-refractivity contribution is 7.17.